The second-order valence-electron chi connectivity index (χ2n) is 7.42. The Morgan fingerprint density at radius 3 is 2.89 bits per heavy atom. The van der Waals surface area contributed by atoms with Crippen LogP contribution in [0.3, 0.4) is 0 Å². The molecule has 1 aliphatic carbocycles. The first-order valence-corrected chi connectivity index (χ1v) is 10.4. The Bertz CT molecular complexity index is 849. The van der Waals surface area contributed by atoms with E-state index < -0.39 is 6.03 Å². The van der Waals surface area contributed by atoms with E-state index in [9.17, 15) is 9.59 Å². The fourth-order valence-corrected chi connectivity index (χ4v) is 4.56. The Morgan fingerprint density at radius 1 is 1.29 bits per heavy atom. The molecular formula is C21H27N3O3S. The highest BCUT2D eigenvalue weighted by Gasteiger charge is 2.21. The van der Waals surface area contributed by atoms with Gasteiger partial charge < -0.3 is 10.1 Å². The van der Waals surface area contributed by atoms with Crippen molar-refractivity contribution in [1.29, 1.82) is 0 Å². The lowest BCUT2D eigenvalue weighted by atomic mass is 9.90. The molecule has 0 saturated carbocycles. The Labute approximate surface area is 169 Å². The summed E-state index contributed by atoms with van der Waals surface area (Å²) in [5, 5.41) is 2.83. The first-order valence-electron chi connectivity index (χ1n) is 9.56. The number of ether oxygens (including phenoxy) is 1. The lowest BCUT2D eigenvalue weighted by Crippen LogP contribution is -2.49. The summed E-state index contributed by atoms with van der Waals surface area (Å²) >= 11 is 1.52. The molecule has 28 heavy (non-hydrogen) atoms. The van der Waals surface area contributed by atoms with Crippen LogP contribution < -0.4 is 20.9 Å². The number of urea groups is 1. The summed E-state index contributed by atoms with van der Waals surface area (Å²) in [4.78, 5) is 26.4. The van der Waals surface area contributed by atoms with Gasteiger partial charge in [0.2, 0.25) is 0 Å². The van der Waals surface area contributed by atoms with Crippen molar-refractivity contribution in [3.63, 3.8) is 0 Å². The van der Waals surface area contributed by atoms with Crippen molar-refractivity contribution in [2.24, 2.45) is 5.92 Å². The zero-order valence-electron chi connectivity index (χ0n) is 16.5. The molecule has 150 valence electrons. The molecule has 2 unspecified atom stereocenters. The van der Waals surface area contributed by atoms with Gasteiger partial charge in [-0.05, 0) is 67.9 Å². The minimum atomic E-state index is -0.432. The fraction of sp³-hybridized carbons (Fsp3) is 0.429. The van der Waals surface area contributed by atoms with E-state index in [0.717, 1.165) is 24.2 Å². The number of aryl methyl sites for hydroxylation is 1. The highest BCUT2D eigenvalue weighted by atomic mass is 32.1. The van der Waals surface area contributed by atoms with Crippen LogP contribution in [0.15, 0.2) is 30.3 Å². The molecule has 6 nitrogen and oxygen atoms in total. The zero-order chi connectivity index (χ0) is 20.1. The predicted molar refractivity (Wildman–Crippen MR) is 111 cm³/mol. The average Bonchev–Trinajstić information content (AvgIpc) is 3.09. The summed E-state index contributed by atoms with van der Waals surface area (Å²) < 4.78 is 5.21. The van der Waals surface area contributed by atoms with Gasteiger partial charge in [0.15, 0.2) is 0 Å². The van der Waals surface area contributed by atoms with Crippen LogP contribution in [0.1, 0.15) is 45.9 Å². The van der Waals surface area contributed by atoms with Gasteiger partial charge in [0, 0.05) is 10.9 Å². The van der Waals surface area contributed by atoms with Gasteiger partial charge in [0.05, 0.1) is 12.0 Å². The number of hydrogen-bond donors (Lipinski definition) is 3. The number of carbonyl (C=O) groups excluding carboxylic acids is 2. The van der Waals surface area contributed by atoms with Gasteiger partial charge in [-0.25, -0.2) is 10.2 Å². The largest absolute Gasteiger partial charge is 0.497 e. The molecule has 3 rings (SSSR count). The molecule has 1 aromatic carbocycles. The van der Waals surface area contributed by atoms with Gasteiger partial charge in [-0.3, -0.25) is 10.2 Å². The average molecular weight is 402 g/mol. The third kappa shape index (κ3) is 5.25. The maximum Gasteiger partial charge on any atom is 0.333 e. The van der Waals surface area contributed by atoms with Crippen LogP contribution in [0.25, 0.3) is 0 Å². The molecule has 1 aromatic heterocycles. The van der Waals surface area contributed by atoms with Crippen LogP contribution in [0, 0.1) is 5.92 Å². The Morgan fingerprint density at radius 2 is 2.11 bits per heavy atom. The standard InChI is InChI=1S/C21H27N3O3S/c1-13-7-8-18-16(9-13)12-19(28-18)20(25)23-24-21(26)22-14(2)10-15-5-4-6-17(11-15)27-3/h4-6,11-14H,7-10H2,1-3H3,(H,23,25)(H2,22,24,26). The molecule has 0 saturated heterocycles. The monoisotopic (exact) mass is 401 g/mol. The molecule has 2 atom stereocenters. The summed E-state index contributed by atoms with van der Waals surface area (Å²) in [5.74, 6) is 1.17. The summed E-state index contributed by atoms with van der Waals surface area (Å²) in [6.45, 7) is 4.15. The van der Waals surface area contributed by atoms with E-state index in [1.165, 1.54) is 28.2 Å². The van der Waals surface area contributed by atoms with Crippen molar-refractivity contribution >= 4 is 23.3 Å². The number of nitrogens with one attached hydrogen (secondary N) is 3. The normalized spacial score (nSPS) is 16.6. The third-order valence-electron chi connectivity index (χ3n) is 4.90. The van der Waals surface area contributed by atoms with E-state index in [-0.39, 0.29) is 11.9 Å². The van der Waals surface area contributed by atoms with E-state index in [2.05, 4.69) is 23.1 Å². The molecule has 0 radical (unpaired) electrons. The molecule has 1 aliphatic rings. The second-order valence-corrected chi connectivity index (χ2v) is 8.55. The zero-order valence-corrected chi connectivity index (χ0v) is 17.3. The molecule has 0 aliphatic heterocycles. The number of amides is 3. The first-order chi connectivity index (χ1) is 13.4. The topological polar surface area (TPSA) is 79.5 Å². The van der Waals surface area contributed by atoms with Crippen molar-refractivity contribution in [3.8, 4) is 5.75 Å². The maximum atomic E-state index is 12.3. The van der Waals surface area contributed by atoms with Crippen molar-refractivity contribution in [3.05, 3.63) is 51.2 Å². The number of benzene rings is 1. The van der Waals surface area contributed by atoms with Crippen LogP contribution in [-0.2, 0) is 19.3 Å². The minimum Gasteiger partial charge on any atom is -0.497 e. The van der Waals surface area contributed by atoms with Crippen LogP contribution >= 0.6 is 11.3 Å². The third-order valence-corrected chi connectivity index (χ3v) is 6.13. The van der Waals surface area contributed by atoms with Crippen molar-refractivity contribution in [1.82, 2.24) is 16.2 Å². The summed E-state index contributed by atoms with van der Waals surface area (Å²) in [5.41, 5.74) is 7.27. The Balaban J connectivity index is 1.46. The summed E-state index contributed by atoms with van der Waals surface area (Å²) in [7, 11) is 1.63. The quantitative estimate of drug-likeness (QED) is 0.672. The number of carbonyl (C=O) groups is 2. The van der Waals surface area contributed by atoms with E-state index in [1.54, 1.807) is 7.11 Å². The van der Waals surface area contributed by atoms with Crippen LogP contribution in [-0.4, -0.2) is 25.1 Å². The van der Waals surface area contributed by atoms with E-state index in [4.69, 9.17) is 4.74 Å². The fourth-order valence-electron chi connectivity index (χ4n) is 3.46. The smallest absolute Gasteiger partial charge is 0.333 e. The van der Waals surface area contributed by atoms with Crippen molar-refractivity contribution in [2.75, 3.05) is 7.11 Å². The van der Waals surface area contributed by atoms with Gasteiger partial charge in [0.1, 0.15) is 5.75 Å². The number of fused-ring (bicyclic) bond motifs is 1. The number of hydrogen-bond acceptors (Lipinski definition) is 4. The van der Waals surface area contributed by atoms with Gasteiger partial charge >= 0.3 is 6.03 Å². The number of thiophene rings is 1. The second kappa shape index (κ2) is 9.10. The maximum absolute atomic E-state index is 12.3. The summed E-state index contributed by atoms with van der Waals surface area (Å²) in [6.07, 6.45) is 3.88. The van der Waals surface area contributed by atoms with Crippen LogP contribution in [0.2, 0.25) is 0 Å². The molecule has 0 fully saturated rings. The lowest BCUT2D eigenvalue weighted by molar-refractivity contribution is 0.0940. The Kier molecular flexibility index (Phi) is 6.57. The van der Waals surface area contributed by atoms with E-state index in [0.29, 0.717) is 17.2 Å². The molecule has 3 amide bonds. The number of methoxy groups -OCH3 is 1. The van der Waals surface area contributed by atoms with Gasteiger partial charge in [-0.2, -0.15) is 0 Å². The summed E-state index contributed by atoms with van der Waals surface area (Å²) in [6, 6.07) is 9.15. The number of rotatable bonds is 5. The first kappa shape index (κ1) is 20.2. The molecule has 0 bridgehead atoms. The highest BCUT2D eigenvalue weighted by Crippen LogP contribution is 2.32. The van der Waals surface area contributed by atoms with E-state index in [1.807, 2.05) is 37.3 Å². The van der Waals surface area contributed by atoms with Gasteiger partial charge in [-0.1, -0.05) is 19.1 Å². The molecule has 7 heteroatoms. The number of hydrazine groups is 1. The van der Waals surface area contributed by atoms with Crippen molar-refractivity contribution in [2.45, 2.75) is 45.6 Å². The van der Waals surface area contributed by atoms with Gasteiger partial charge in [0.25, 0.3) is 5.91 Å². The highest BCUT2D eigenvalue weighted by molar-refractivity contribution is 7.14. The molecule has 3 N–H and O–H groups in total. The van der Waals surface area contributed by atoms with Crippen molar-refractivity contribution < 1.29 is 14.3 Å². The minimum absolute atomic E-state index is 0.0976. The molecule has 2 aromatic rings. The van der Waals surface area contributed by atoms with Gasteiger partial charge in [-0.15, -0.1) is 11.3 Å². The molecule has 0 spiro atoms. The Hall–Kier alpha value is -2.54. The SMILES string of the molecule is COc1cccc(CC(C)NC(=O)NNC(=O)c2cc3c(s2)CCC(C)C3)c1. The lowest BCUT2D eigenvalue weighted by Gasteiger charge is -2.16. The molecular weight excluding hydrogens is 374 g/mol. The molecule has 1 heterocycles. The van der Waals surface area contributed by atoms with E-state index >= 15 is 0 Å². The van der Waals surface area contributed by atoms with Crippen LogP contribution in [0.5, 0.6) is 5.75 Å². The predicted octanol–water partition coefficient (Wildman–Crippen LogP) is 3.46. The van der Waals surface area contributed by atoms with Crippen LogP contribution in [0.4, 0.5) is 4.79 Å².